The van der Waals surface area contributed by atoms with E-state index in [0.29, 0.717) is 5.95 Å². The lowest BCUT2D eigenvalue weighted by molar-refractivity contribution is 0.102. The maximum Gasteiger partial charge on any atom is 0.261 e. The number of benzene rings is 2. The first-order valence-corrected chi connectivity index (χ1v) is 10.9. The standard InChI is InChI=1S/C21H16Cl2N4OS/c1-29-12-13-10-14-4-2-7-17(19(14)25-11-13)27-9-8-24-21(27)26-20(28)18-15(22)5-3-6-16(18)23/h2-11H,12H2,1H3,(H,24,26,28). The molecule has 0 saturated heterocycles. The van der Waals surface area contributed by atoms with Crippen molar-refractivity contribution in [2.24, 2.45) is 0 Å². The molecule has 0 spiro atoms. The Labute approximate surface area is 182 Å². The predicted molar refractivity (Wildman–Crippen MR) is 120 cm³/mol. The molecule has 0 fully saturated rings. The molecule has 0 radical (unpaired) electrons. The number of hydrogen-bond acceptors (Lipinski definition) is 4. The number of imidazole rings is 1. The quantitative estimate of drug-likeness (QED) is 0.421. The van der Waals surface area contributed by atoms with Gasteiger partial charge in [-0.15, -0.1) is 0 Å². The zero-order valence-electron chi connectivity index (χ0n) is 15.4. The van der Waals surface area contributed by atoms with Crippen molar-refractivity contribution in [3.8, 4) is 5.69 Å². The molecule has 146 valence electrons. The molecule has 2 aromatic carbocycles. The van der Waals surface area contributed by atoms with E-state index in [0.717, 1.165) is 27.9 Å². The number of nitrogens with one attached hydrogen (secondary N) is 1. The average molecular weight is 443 g/mol. The zero-order valence-corrected chi connectivity index (χ0v) is 17.7. The van der Waals surface area contributed by atoms with Crippen molar-refractivity contribution in [2.75, 3.05) is 11.6 Å². The normalized spacial score (nSPS) is 11.0. The topological polar surface area (TPSA) is 59.8 Å². The van der Waals surface area contributed by atoms with Crippen LogP contribution in [0.1, 0.15) is 15.9 Å². The van der Waals surface area contributed by atoms with Gasteiger partial charge in [0.15, 0.2) is 0 Å². The summed E-state index contributed by atoms with van der Waals surface area (Å²) in [5, 5.41) is 4.38. The van der Waals surface area contributed by atoms with Crippen LogP contribution in [-0.4, -0.2) is 26.7 Å². The lowest BCUT2D eigenvalue weighted by Crippen LogP contribution is -2.16. The number of carbonyl (C=O) groups excluding carboxylic acids is 1. The number of pyridine rings is 1. The van der Waals surface area contributed by atoms with Crippen LogP contribution in [0, 0.1) is 0 Å². The third-order valence-corrected chi connectivity index (χ3v) is 5.62. The van der Waals surface area contributed by atoms with E-state index in [1.165, 1.54) is 0 Å². The summed E-state index contributed by atoms with van der Waals surface area (Å²) in [6.07, 6.45) is 7.33. The molecule has 4 aromatic rings. The lowest BCUT2D eigenvalue weighted by atomic mass is 10.1. The number of nitrogens with zero attached hydrogens (tertiary/aromatic N) is 3. The number of para-hydroxylation sites is 1. The molecule has 0 aliphatic rings. The third-order valence-electron chi connectivity index (χ3n) is 4.37. The van der Waals surface area contributed by atoms with Crippen LogP contribution in [0.15, 0.2) is 61.1 Å². The first-order valence-electron chi connectivity index (χ1n) is 8.74. The summed E-state index contributed by atoms with van der Waals surface area (Å²) in [5.74, 6) is 0.829. The van der Waals surface area contributed by atoms with Crippen LogP contribution in [0.2, 0.25) is 10.0 Å². The SMILES string of the molecule is CSCc1cnc2c(-n3ccnc3NC(=O)c3c(Cl)cccc3Cl)cccc2c1. The Hall–Kier alpha value is -2.54. The lowest BCUT2D eigenvalue weighted by Gasteiger charge is -2.12. The van der Waals surface area contributed by atoms with Crippen molar-refractivity contribution >= 4 is 57.7 Å². The van der Waals surface area contributed by atoms with E-state index in [2.05, 4.69) is 27.6 Å². The van der Waals surface area contributed by atoms with Gasteiger partial charge in [-0.3, -0.25) is 19.7 Å². The maximum absolute atomic E-state index is 12.8. The second-order valence-corrected chi connectivity index (χ2v) is 7.98. The van der Waals surface area contributed by atoms with Gasteiger partial charge in [-0.1, -0.05) is 41.4 Å². The molecular weight excluding hydrogens is 427 g/mol. The minimum Gasteiger partial charge on any atom is -0.291 e. The van der Waals surface area contributed by atoms with Gasteiger partial charge in [0, 0.05) is 29.7 Å². The first kappa shape index (κ1) is 19.8. The van der Waals surface area contributed by atoms with Gasteiger partial charge in [0.25, 0.3) is 5.91 Å². The van der Waals surface area contributed by atoms with Crippen LogP contribution in [0.25, 0.3) is 16.6 Å². The second-order valence-electron chi connectivity index (χ2n) is 6.30. The Morgan fingerprint density at radius 3 is 2.66 bits per heavy atom. The van der Waals surface area contributed by atoms with Crippen LogP contribution in [0.3, 0.4) is 0 Å². The van der Waals surface area contributed by atoms with Gasteiger partial charge in [-0.25, -0.2) is 4.98 Å². The minimum atomic E-state index is -0.427. The van der Waals surface area contributed by atoms with Crippen molar-refractivity contribution in [3.05, 3.63) is 82.2 Å². The van der Waals surface area contributed by atoms with Gasteiger partial charge in [-0.05, 0) is 36.1 Å². The molecule has 0 aliphatic heterocycles. The molecule has 29 heavy (non-hydrogen) atoms. The van der Waals surface area contributed by atoms with Crippen LogP contribution in [0.4, 0.5) is 5.95 Å². The number of fused-ring (bicyclic) bond motifs is 1. The van der Waals surface area contributed by atoms with Gasteiger partial charge in [0.2, 0.25) is 5.95 Å². The van der Waals surface area contributed by atoms with E-state index in [4.69, 9.17) is 23.2 Å². The molecule has 0 saturated carbocycles. The molecule has 2 heterocycles. The number of halogens is 2. The van der Waals surface area contributed by atoms with Crippen molar-refractivity contribution in [2.45, 2.75) is 5.75 Å². The van der Waals surface area contributed by atoms with Gasteiger partial charge in [0.05, 0.1) is 26.8 Å². The summed E-state index contributed by atoms with van der Waals surface area (Å²) in [5.41, 5.74) is 3.01. The third kappa shape index (κ3) is 3.96. The Balaban J connectivity index is 1.72. The Morgan fingerprint density at radius 2 is 1.90 bits per heavy atom. The molecule has 0 atom stereocenters. The fourth-order valence-electron chi connectivity index (χ4n) is 3.10. The van der Waals surface area contributed by atoms with Crippen LogP contribution in [-0.2, 0) is 5.75 Å². The Morgan fingerprint density at radius 1 is 1.14 bits per heavy atom. The average Bonchev–Trinajstić information content (AvgIpc) is 3.15. The first-order chi connectivity index (χ1) is 14.1. The number of rotatable bonds is 5. The monoisotopic (exact) mass is 442 g/mol. The summed E-state index contributed by atoms with van der Waals surface area (Å²) in [7, 11) is 0. The minimum absolute atomic E-state index is 0.211. The molecule has 1 N–H and O–H groups in total. The van der Waals surface area contributed by atoms with E-state index >= 15 is 0 Å². The largest absolute Gasteiger partial charge is 0.291 e. The summed E-state index contributed by atoms with van der Waals surface area (Å²) in [6, 6.07) is 13.0. The van der Waals surface area contributed by atoms with E-state index in [-0.39, 0.29) is 15.6 Å². The highest BCUT2D eigenvalue weighted by molar-refractivity contribution is 7.97. The highest BCUT2D eigenvalue weighted by Gasteiger charge is 2.18. The van der Waals surface area contributed by atoms with Crippen LogP contribution < -0.4 is 5.32 Å². The zero-order chi connectivity index (χ0) is 20.4. The molecule has 8 heteroatoms. The molecule has 5 nitrogen and oxygen atoms in total. The number of aromatic nitrogens is 3. The number of amides is 1. The fraction of sp³-hybridized carbons (Fsp3) is 0.0952. The number of anilines is 1. The van der Waals surface area contributed by atoms with Crippen molar-refractivity contribution in [1.82, 2.24) is 14.5 Å². The smallest absolute Gasteiger partial charge is 0.261 e. The molecule has 0 bridgehead atoms. The van der Waals surface area contributed by atoms with E-state index < -0.39 is 5.91 Å². The Bertz CT molecular complexity index is 1190. The van der Waals surface area contributed by atoms with E-state index in [1.807, 2.05) is 24.4 Å². The van der Waals surface area contributed by atoms with Gasteiger partial charge in [-0.2, -0.15) is 11.8 Å². The molecule has 1 amide bonds. The molecular formula is C21H16Cl2N4OS. The van der Waals surface area contributed by atoms with E-state index in [1.54, 1.807) is 46.9 Å². The molecule has 0 aliphatic carbocycles. The summed E-state index contributed by atoms with van der Waals surface area (Å²) < 4.78 is 1.78. The van der Waals surface area contributed by atoms with Crippen molar-refractivity contribution in [3.63, 3.8) is 0 Å². The summed E-state index contributed by atoms with van der Waals surface area (Å²) in [6.45, 7) is 0. The summed E-state index contributed by atoms with van der Waals surface area (Å²) >= 11 is 14.1. The van der Waals surface area contributed by atoms with Crippen molar-refractivity contribution in [1.29, 1.82) is 0 Å². The predicted octanol–water partition coefficient (Wildman–Crippen LogP) is 5.84. The number of hydrogen-bond donors (Lipinski definition) is 1. The highest BCUT2D eigenvalue weighted by atomic mass is 35.5. The maximum atomic E-state index is 12.8. The van der Waals surface area contributed by atoms with Crippen LogP contribution in [0.5, 0.6) is 0 Å². The number of carbonyl (C=O) groups is 1. The molecule has 4 rings (SSSR count). The van der Waals surface area contributed by atoms with E-state index in [9.17, 15) is 4.79 Å². The fourth-order valence-corrected chi connectivity index (χ4v) is 4.16. The van der Waals surface area contributed by atoms with Crippen LogP contribution >= 0.6 is 35.0 Å². The molecule has 2 aromatic heterocycles. The molecule has 0 unspecified atom stereocenters. The second kappa shape index (κ2) is 8.45. The summed E-state index contributed by atoms with van der Waals surface area (Å²) in [4.78, 5) is 21.7. The Kier molecular flexibility index (Phi) is 5.76. The van der Waals surface area contributed by atoms with Crippen molar-refractivity contribution < 1.29 is 4.79 Å². The highest BCUT2D eigenvalue weighted by Crippen LogP contribution is 2.27. The van der Waals surface area contributed by atoms with Gasteiger partial charge < -0.3 is 0 Å². The van der Waals surface area contributed by atoms with Gasteiger partial charge in [0.1, 0.15) is 0 Å². The number of thioether (sulfide) groups is 1. The van der Waals surface area contributed by atoms with Gasteiger partial charge >= 0.3 is 0 Å².